The lowest BCUT2D eigenvalue weighted by atomic mass is 10.0. The number of carbonyl (C=O) groups is 2. The van der Waals surface area contributed by atoms with Crippen LogP contribution in [0.4, 0.5) is 0 Å². The number of amides is 1. The molecule has 0 heterocycles. The van der Waals surface area contributed by atoms with Crippen LogP contribution in [-0.2, 0) is 14.3 Å². The van der Waals surface area contributed by atoms with E-state index >= 15 is 0 Å². The molecule has 0 saturated carbocycles. The van der Waals surface area contributed by atoms with Gasteiger partial charge in [0.25, 0.3) is 0 Å². The Labute approximate surface area is 487 Å². The molecule has 0 aromatic carbocycles. The molecule has 0 fully saturated rings. The van der Waals surface area contributed by atoms with Gasteiger partial charge in [0.1, 0.15) is 0 Å². The van der Waals surface area contributed by atoms with E-state index in [0.29, 0.717) is 19.4 Å². The van der Waals surface area contributed by atoms with Crippen LogP contribution >= 0.6 is 0 Å². The van der Waals surface area contributed by atoms with Crippen LogP contribution in [0.2, 0.25) is 0 Å². The summed E-state index contributed by atoms with van der Waals surface area (Å²) < 4.78 is 5.48. The van der Waals surface area contributed by atoms with Crippen molar-refractivity contribution in [2.75, 3.05) is 13.2 Å². The monoisotopic (exact) mass is 1100 g/mol. The summed E-state index contributed by atoms with van der Waals surface area (Å²) in [6.07, 6.45) is 86.7. The van der Waals surface area contributed by atoms with E-state index in [1.54, 1.807) is 6.08 Å². The van der Waals surface area contributed by atoms with Crippen molar-refractivity contribution in [2.24, 2.45) is 0 Å². The first-order valence-corrected chi connectivity index (χ1v) is 35.3. The van der Waals surface area contributed by atoms with Crippen molar-refractivity contribution in [1.82, 2.24) is 5.32 Å². The van der Waals surface area contributed by atoms with Gasteiger partial charge in [0.15, 0.2) is 0 Å². The first-order valence-electron chi connectivity index (χ1n) is 35.3. The van der Waals surface area contributed by atoms with E-state index in [1.807, 2.05) is 6.08 Å². The number of unbranched alkanes of at least 4 members (excludes halogenated alkanes) is 51. The van der Waals surface area contributed by atoms with Crippen molar-refractivity contribution in [3.05, 3.63) is 36.5 Å². The number of ether oxygens (including phenoxy) is 1. The largest absolute Gasteiger partial charge is 0.466 e. The molecule has 0 bridgehead atoms. The Morgan fingerprint density at radius 3 is 1.03 bits per heavy atom. The second kappa shape index (κ2) is 67.6. The molecule has 0 aromatic heterocycles. The van der Waals surface area contributed by atoms with Gasteiger partial charge in [-0.15, -0.1) is 0 Å². The Bertz CT molecular complexity index is 1260. The zero-order valence-corrected chi connectivity index (χ0v) is 52.7. The van der Waals surface area contributed by atoms with E-state index < -0.39 is 12.1 Å². The second-order valence-corrected chi connectivity index (χ2v) is 24.2. The van der Waals surface area contributed by atoms with Gasteiger partial charge in [-0.2, -0.15) is 0 Å². The van der Waals surface area contributed by atoms with Gasteiger partial charge in [-0.3, -0.25) is 9.59 Å². The Hall–Kier alpha value is -1.92. The number of carbonyl (C=O) groups excluding carboxylic acids is 2. The molecule has 460 valence electrons. The molecule has 0 aromatic rings. The van der Waals surface area contributed by atoms with Crippen LogP contribution in [0, 0.1) is 0 Å². The first kappa shape index (κ1) is 76.1. The highest BCUT2D eigenvalue weighted by molar-refractivity contribution is 5.76. The quantitative estimate of drug-likeness (QED) is 0.0320. The average Bonchev–Trinajstić information content (AvgIpc) is 3.44. The highest BCUT2D eigenvalue weighted by Gasteiger charge is 2.18. The number of allylic oxidation sites excluding steroid dienone is 5. The van der Waals surface area contributed by atoms with E-state index in [-0.39, 0.29) is 18.5 Å². The third-order valence-electron chi connectivity index (χ3n) is 16.4. The molecule has 2 atom stereocenters. The van der Waals surface area contributed by atoms with Gasteiger partial charge < -0.3 is 20.3 Å². The van der Waals surface area contributed by atoms with Gasteiger partial charge in [0, 0.05) is 12.8 Å². The van der Waals surface area contributed by atoms with Crippen LogP contribution in [0.15, 0.2) is 36.5 Å². The molecule has 0 aliphatic heterocycles. The summed E-state index contributed by atoms with van der Waals surface area (Å²) in [4.78, 5) is 24.5. The van der Waals surface area contributed by atoms with Crippen molar-refractivity contribution in [2.45, 2.75) is 398 Å². The summed E-state index contributed by atoms with van der Waals surface area (Å²) in [5.74, 6) is -0.0543. The number of esters is 1. The molecule has 3 N–H and O–H groups in total. The molecule has 6 heteroatoms. The fourth-order valence-corrected chi connectivity index (χ4v) is 11.0. The summed E-state index contributed by atoms with van der Waals surface area (Å²) in [5.41, 5.74) is 0. The molecule has 0 radical (unpaired) electrons. The van der Waals surface area contributed by atoms with Gasteiger partial charge in [-0.05, 0) is 57.8 Å². The third-order valence-corrected chi connectivity index (χ3v) is 16.4. The van der Waals surface area contributed by atoms with E-state index in [4.69, 9.17) is 4.74 Å². The van der Waals surface area contributed by atoms with E-state index in [9.17, 15) is 19.8 Å². The zero-order chi connectivity index (χ0) is 56.4. The van der Waals surface area contributed by atoms with Crippen molar-refractivity contribution in [1.29, 1.82) is 0 Å². The number of rotatable bonds is 66. The molecule has 0 aliphatic carbocycles. The Kier molecular flexibility index (Phi) is 65.9. The van der Waals surface area contributed by atoms with Gasteiger partial charge in [-0.1, -0.05) is 352 Å². The summed E-state index contributed by atoms with van der Waals surface area (Å²) >= 11 is 0. The normalized spacial score (nSPS) is 12.7. The van der Waals surface area contributed by atoms with Crippen LogP contribution in [0.3, 0.4) is 0 Å². The Morgan fingerprint density at radius 1 is 0.359 bits per heavy atom. The van der Waals surface area contributed by atoms with Gasteiger partial charge >= 0.3 is 5.97 Å². The SMILES string of the molecule is CCC/C=C\C/C=C\CCCCCCCC(=O)OCCCCCCCCCCCCCCCCCCCCCCCCCCCCCCCCCCCCCC(=O)NC(CO)C(O)/C=C/CCCCCCCCCCCCC. The maximum Gasteiger partial charge on any atom is 0.305 e. The molecule has 0 saturated heterocycles. The van der Waals surface area contributed by atoms with Crippen LogP contribution in [0.5, 0.6) is 0 Å². The summed E-state index contributed by atoms with van der Waals surface area (Å²) in [6, 6.07) is -0.623. The second-order valence-electron chi connectivity index (χ2n) is 24.2. The predicted octanol–water partition coefficient (Wildman–Crippen LogP) is 22.7. The third kappa shape index (κ3) is 63.3. The molecule has 0 aliphatic rings. The smallest absolute Gasteiger partial charge is 0.305 e. The molecule has 0 rings (SSSR count). The van der Waals surface area contributed by atoms with E-state index in [1.165, 1.54) is 308 Å². The van der Waals surface area contributed by atoms with Crippen molar-refractivity contribution < 1.29 is 24.5 Å². The highest BCUT2D eigenvalue weighted by Crippen LogP contribution is 2.19. The van der Waals surface area contributed by atoms with Crippen molar-refractivity contribution in [3.8, 4) is 0 Å². The first-order chi connectivity index (χ1) is 38.5. The van der Waals surface area contributed by atoms with E-state index in [2.05, 4.69) is 43.5 Å². The molecule has 1 amide bonds. The number of hydrogen-bond acceptors (Lipinski definition) is 5. The minimum absolute atomic E-state index is 0.00708. The van der Waals surface area contributed by atoms with E-state index in [0.717, 1.165) is 51.4 Å². The Balaban J connectivity index is 3.31. The number of hydrogen-bond donors (Lipinski definition) is 3. The summed E-state index contributed by atoms with van der Waals surface area (Å²) in [6.45, 7) is 4.86. The number of nitrogens with one attached hydrogen (secondary N) is 1. The van der Waals surface area contributed by atoms with Crippen LogP contribution in [0.25, 0.3) is 0 Å². The highest BCUT2D eigenvalue weighted by atomic mass is 16.5. The maximum absolute atomic E-state index is 12.5. The number of aliphatic hydroxyl groups is 2. The molecular weight excluding hydrogens is 959 g/mol. The van der Waals surface area contributed by atoms with Crippen molar-refractivity contribution >= 4 is 11.9 Å². The predicted molar refractivity (Wildman–Crippen MR) is 343 cm³/mol. The molecular formula is C72H137NO5. The molecule has 2 unspecified atom stereocenters. The fourth-order valence-electron chi connectivity index (χ4n) is 11.0. The number of aliphatic hydroxyl groups excluding tert-OH is 2. The minimum atomic E-state index is -0.840. The molecule has 6 nitrogen and oxygen atoms in total. The topological polar surface area (TPSA) is 95.9 Å². The lowest BCUT2D eigenvalue weighted by molar-refractivity contribution is -0.143. The standard InChI is InChI=1S/C72H137NO5/c1-3-5-7-9-11-13-15-40-44-48-52-56-60-64-70(75)69(68-74)73-71(76)65-61-57-53-49-45-42-38-36-34-32-30-28-26-24-22-20-18-17-19-21-23-25-27-29-31-33-35-37-39-43-47-51-55-59-63-67-78-72(77)66-62-58-54-50-46-41-16-14-12-10-8-6-4-2/h8,10,14,16,60,64,69-70,74-75H,3-7,9,11-13,15,17-59,61-63,65-68H2,1-2H3,(H,73,76)/b10-8-,16-14-,64-60+. The Morgan fingerprint density at radius 2 is 0.667 bits per heavy atom. The van der Waals surface area contributed by atoms with Gasteiger partial charge in [-0.25, -0.2) is 0 Å². The van der Waals surface area contributed by atoms with Gasteiger partial charge in [0.2, 0.25) is 5.91 Å². The van der Waals surface area contributed by atoms with Crippen LogP contribution in [0.1, 0.15) is 386 Å². The minimum Gasteiger partial charge on any atom is -0.466 e. The lowest BCUT2D eigenvalue weighted by Gasteiger charge is -2.20. The van der Waals surface area contributed by atoms with Crippen molar-refractivity contribution in [3.63, 3.8) is 0 Å². The van der Waals surface area contributed by atoms with Crippen LogP contribution < -0.4 is 5.32 Å². The average molecular weight is 1100 g/mol. The van der Waals surface area contributed by atoms with Crippen LogP contribution in [-0.4, -0.2) is 47.4 Å². The molecule has 0 spiro atoms. The zero-order valence-electron chi connectivity index (χ0n) is 52.7. The van der Waals surface area contributed by atoms with Gasteiger partial charge in [0.05, 0.1) is 25.4 Å². The lowest BCUT2D eigenvalue weighted by Crippen LogP contribution is -2.45. The summed E-state index contributed by atoms with van der Waals surface area (Å²) in [7, 11) is 0. The molecule has 78 heavy (non-hydrogen) atoms. The maximum atomic E-state index is 12.5. The fraction of sp³-hybridized carbons (Fsp3) is 0.889. The summed E-state index contributed by atoms with van der Waals surface area (Å²) in [5, 5.41) is 23.1.